The fourth-order valence-corrected chi connectivity index (χ4v) is 4.72. The summed E-state index contributed by atoms with van der Waals surface area (Å²) in [5.74, 6) is 1.02. The van der Waals surface area contributed by atoms with Crippen LogP contribution in [0.1, 0.15) is 31.6 Å². The molecule has 0 spiro atoms. The van der Waals surface area contributed by atoms with Gasteiger partial charge in [-0.3, -0.25) is 9.29 Å². The van der Waals surface area contributed by atoms with Gasteiger partial charge in [0.2, 0.25) is 21.9 Å². The molecule has 3 rings (SSSR count). The summed E-state index contributed by atoms with van der Waals surface area (Å²) in [6.45, 7) is 3.74. The molecule has 0 saturated carbocycles. The molecule has 0 aliphatic rings. The van der Waals surface area contributed by atoms with E-state index in [1.54, 1.807) is 50.8 Å². The van der Waals surface area contributed by atoms with Crippen molar-refractivity contribution in [1.29, 1.82) is 0 Å². The zero-order valence-corrected chi connectivity index (χ0v) is 21.9. The summed E-state index contributed by atoms with van der Waals surface area (Å²) in [5, 5.41) is 7.46. The molecule has 0 aromatic carbocycles. The van der Waals surface area contributed by atoms with Crippen LogP contribution in [0.15, 0.2) is 30.6 Å². The first-order chi connectivity index (χ1) is 17.2. The molecule has 3 aromatic heterocycles. The summed E-state index contributed by atoms with van der Waals surface area (Å²) in [6, 6.07) is 4.72. The Hall–Kier alpha value is -3.36. The normalized spacial score (nSPS) is 13.4. The van der Waals surface area contributed by atoms with E-state index >= 15 is 0 Å². The van der Waals surface area contributed by atoms with Gasteiger partial charge in [0.1, 0.15) is 11.5 Å². The third-order valence-corrected chi connectivity index (χ3v) is 7.51. The lowest BCUT2D eigenvalue weighted by molar-refractivity contribution is 0.0908. The van der Waals surface area contributed by atoms with Crippen molar-refractivity contribution in [3.63, 3.8) is 0 Å². The van der Waals surface area contributed by atoms with Gasteiger partial charge in [-0.15, -0.1) is 10.2 Å². The molecule has 0 fully saturated rings. The summed E-state index contributed by atoms with van der Waals surface area (Å²) in [5.41, 5.74) is 0.442. The Kier molecular flexibility index (Phi) is 9.12. The SMILES string of the molecule is COCC(COC)n1c(NS(=O)(=O)[C@@H](C)[C@H](C)c2ncc(OC)cn2)nnc1-c1cccc(OC)n1. The Morgan fingerprint density at radius 3 is 2.22 bits per heavy atom. The lowest BCUT2D eigenvalue weighted by atomic mass is 10.1. The van der Waals surface area contributed by atoms with E-state index in [0.29, 0.717) is 29.0 Å². The zero-order chi connectivity index (χ0) is 26.3. The van der Waals surface area contributed by atoms with Gasteiger partial charge in [-0.25, -0.2) is 23.4 Å². The van der Waals surface area contributed by atoms with E-state index in [1.165, 1.54) is 26.6 Å². The van der Waals surface area contributed by atoms with E-state index in [2.05, 4.69) is 29.9 Å². The number of ether oxygens (including phenoxy) is 4. The lowest BCUT2D eigenvalue weighted by Gasteiger charge is -2.23. The van der Waals surface area contributed by atoms with Crippen LogP contribution in [0.4, 0.5) is 5.95 Å². The monoisotopic (exact) mass is 521 g/mol. The number of anilines is 1. The van der Waals surface area contributed by atoms with Crippen molar-refractivity contribution in [3.05, 3.63) is 36.4 Å². The summed E-state index contributed by atoms with van der Waals surface area (Å²) >= 11 is 0. The maximum atomic E-state index is 13.4. The van der Waals surface area contributed by atoms with Gasteiger partial charge in [0.05, 0.1) is 51.1 Å². The van der Waals surface area contributed by atoms with E-state index in [9.17, 15) is 8.42 Å². The van der Waals surface area contributed by atoms with Crippen molar-refractivity contribution >= 4 is 16.0 Å². The van der Waals surface area contributed by atoms with E-state index in [4.69, 9.17) is 18.9 Å². The van der Waals surface area contributed by atoms with Gasteiger partial charge in [0, 0.05) is 26.2 Å². The van der Waals surface area contributed by atoms with E-state index < -0.39 is 27.2 Å². The highest BCUT2D eigenvalue weighted by Crippen LogP contribution is 2.28. The molecule has 0 radical (unpaired) electrons. The second-order valence-corrected chi connectivity index (χ2v) is 10.0. The zero-order valence-electron chi connectivity index (χ0n) is 21.1. The average Bonchev–Trinajstić information content (AvgIpc) is 3.30. The van der Waals surface area contributed by atoms with E-state index in [-0.39, 0.29) is 19.2 Å². The molecule has 2 atom stereocenters. The number of nitrogens with one attached hydrogen (secondary N) is 1. The molecule has 0 aliphatic heterocycles. The van der Waals surface area contributed by atoms with Crippen LogP contribution >= 0.6 is 0 Å². The highest BCUT2D eigenvalue weighted by molar-refractivity contribution is 7.93. The van der Waals surface area contributed by atoms with Crippen LogP contribution in [-0.2, 0) is 19.5 Å². The quantitative estimate of drug-likeness (QED) is 0.351. The van der Waals surface area contributed by atoms with Gasteiger partial charge in [-0.05, 0) is 13.0 Å². The van der Waals surface area contributed by atoms with Gasteiger partial charge in [0.25, 0.3) is 0 Å². The maximum Gasteiger partial charge on any atom is 0.239 e. The molecule has 0 amide bonds. The smallest absolute Gasteiger partial charge is 0.239 e. The summed E-state index contributed by atoms with van der Waals surface area (Å²) < 4.78 is 52.0. The highest BCUT2D eigenvalue weighted by Gasteiger charge is 2.32. The molecule has 1 N–H and O–H groups in total. The Labute approximate surface area is 210 Å². The van der Waals surface area contributed by atoms with Crippen LogP contribution in [0.5, 0.6) is 11.6 Å². The molecule has 196 valence electrons. The van der Waals surface area contributed by atoms with Crippen LogP contribution < -0.4 is 14.2 Å². The minimum absolute atomic E-state index is 0.00317. The molecule has 0 bridgehead atoms. The van der Waals surface area contributed by atoms with Crippen LogP contribution in [-0.4, -0.2) is 85.0 Å². The molecule has 13 nitrogen and oxygen atoms in total. The summed E-state index contributed by atoms with van der Waals surface area (Å²) in [6.07, 6.45) is 2.99. The van der Waals surface area contributed by atoms with Crippen LogP contribution in [0.25, 0.3) is 11.5 Å². The molecule has 3 heterocycles. The second kappa shape index (κ2) is 12.1. The lowest BCUT2D eigenvalue weighted by Crippen LogP contribution is -2.32. The van der Waals surface area contributed by atoms with Crippen molar-refractivity contribution in [1.82, 2.24) is 29.7 Å². The minimum Gasteiger partial charge on any atom is -0.494 e. The molecule has 0 unspecified atom stereocenters. The Balaban J connectivity index is 1.99. The predicted molar refractivity (Wildman–Crippen MR) is 132 cm³/mol. The maximum absolute atomic E-state index is 13.4. The number of aromatic nitrogens is 6. The number of hydrogen-bond acceptors (Lipinski definition) is 11. The predicted octanol–water partition coefficient (Wildman–Crippen LogP) is 1.92. The van der Waals surface area contributed by atoms with Crippen LogP contribution in [0.2, 0.25) is 0 Å². The standard InChI is InChI=1S/C22H31N7O6S/c1-14(20-23-10-17(34-5)11-24-20)15(2)36(30,31)28-22-27-26-21(18-8-7-9-19(25-18)35-6)29(22)16(12-32-3)13-33-4/h7-11,14-16H,12-13H2,1-6H3,(H,27,28)/t14-,15-/m0/s1. The number of rotatable bonds is 13. The first kappa shape index (κ1) is 27.2. The number of hydrogen-bond donors (Lipinski definition) is 1. The van der Waals surface area contributed by atoms with Gasteiger partial charge in [-0.1, -0.05) is 13.0 Å². The molecule has 3 aromatic rings. The third-order valence-electron chi connectivity index (χ3n) is 5.66. The topological polar surface area (TPSA) is 152 Å². The summed E-state index contributed by atoms with van der Waals surface area (Å²) in [7, 11) is 2.13. The first-order valence-corrected chi connectivity index (χ1v) is 12.6. The van der Waals surface area contributed by atoms with Gasteiger partial charge in [-0.2, -0.15) is 0 Å². The Morgan fingerprint density at radius 2 is 1.64 bits per heavy atom. The van der Waals surface area contributed by atoms with Crippen molar-refractivity contribution in [3.8, 4) is 23.1 Å². The second-order valence-electron chi connectivity index (χ2n) is 7.97. The van der Waals surface area contributed by atoms with E-state index in [1.807, 2.05) is 0 Å². The highest BCUT2D eigenvalue weighted by atomic mass is 32.2. The Morgan fingerprint density at radius 1 is 0.972 bits per heavy atom. The van der Waals surface area contributed by atoms with Crippen molar-refractivity contribution in [2.45, 2.75) is 31.1 Å². The molecular weight excluding hydrogens is 490 g/mol. The molecule has 14 heteroatoms. The Bertz CT molecular complexity index is 1230. The third kappa shape index (κ3) is 6.06. The minimum atomic E-state index is -3.96. The average molecular weight is 522 g/mol. The van der Waals surface area contributed by atoms with Crippen molar-refractivity contribution < 1.29 is 27.4 Å². The van der Waals surface area contributed by atoms with E-state index in [0.717, 1.165) is 0 Å². The van der Waals surface area contributed by atoms with Gasteiger partial charge >= 0.3 is 0 Å². The fraction of sp³-hybridized carbons (Fsp3) is 0.500. The number of nitrogens with zero attached hydrogens (tertiary/aromatic N) is 6. The van der Waals surface area contributed by atoms with Crippen LogP contribution in [0, 0.1) is 0 Å². The molecule has 36 heavy (non-hydrogen) atoms. The van der Waals surface area contributed by atoms with Gasteiger partial charge in [0.15, 0.2) is 11.6 Å². The fourth-order valence-electron chi connectivity index (χ4n) is 3.48. The molecule has 0 aliphatic carbocycles. The number of sulfonamides is 1. The largest absolute Gasteiger partial charge is 0.494 e. The molecule has 0 saturated heterocycles. The molecular formula is C22H31N7O6S. The first-order valence-electron chi connectivity index (χ1n) is 11.1. The van der Waals surface area contributed by atoms with Gasteiger partial charge < -0.3 is 18.9 Å². The van der Waals surface area contributed by atoms with Crippen molar-refractivity contribution in [2.24, 2.45) is 0 Å². The summed E-state index contributed by atoms with van der Waals surface area (Å²) in [4.78, 5) is 12.9. The number of pyridine rings is 1. The van der Waals surface area contributed by atoms with Crippen molar-refractivity contribution in [2.75, 3.05) is 46.4 Å². The number of methoxy groups -OCH3 is 4. The van der Waals surface area contributed by atoms with Crippen LogP contribution in [0.3, 0.4) is 0 Å².